The summed E-state index contributed by atoms with van der Waals surface area (Å²) in [6, 6.07) is 10.8. The first kappa shape index (κ1) is 18.7. The summed E-state index contributed by atoms with van der Waals surface area (Å²) in [5.74, 6) is 0.814. The molecule has 3 heterocycles. The van der Waals surface area contributed by atoms with E-state index in [1.165, 1.54) is 27.6 Å². The van der Waals surface area contributed by atoms with E-state index in [9.17, 15) is 4.79 Å². The Balaban J connectivity index is 1.69. The van der Waals surface area contributed by atoms with Gasteiger partial charge in [-0.1, -0.05) is 42.4 Å². The predicted molar refractivity (Wildman–Crippen MR) is 110 cm³/mol. The zero-order valence-electron chi connectivity index (χ0n) is 15.3. The van der Waals surface area contributed by atoms with Crippen LogP contribution in [0.3, 0.4) is 0 Å². The molecule has 0 spiro atoms. The van der Waals surface area contributed by atoms with Gasteiger partial charge in [-0.2, -0.15) is 0 Å². The van der Waals surface area contributed by atoms with E-state index in [1.807, 2.05) is 4.90 Å². The maximum Gasteiger partial charge on any atom is 0.246 e. The molecule has 0 bridgehead atoms. The smallest absolute Gasteiger partial charge is 0.246 e. The van der Waals surface area contributed by atoms with Gasteiger partial charge >= 0.3 is 0 Å². The van der Waals surface area contributed by atoms with Crippen LogP contribution in [0.5, 0.6) is 0 Å². The fraction of sp³-hybridized carbons (Fsp3) is 0.409. The van der Waals surface area contributed by atoms with E-state index in [2.05, 4.69) is 36.9 Å². The normalized spacial score (nSPS) is 20.3. The van der Waals surface area contributed by atoms with Gasteiger partial charge in [-0.3, -0.25) is 4.79 Å². The van der Waals surface area contributed by atoms with Crippen LogP contribution in [0.15, 0.2) is 43.0 Å². The van der Waals surface area contributed by atoms with Crippen molar-refractivity contribution in [2.75, 3.05) is 19.8 Å². The zero-order valence-corrected chi connectivity index (χ0v) is 16.9. The predicted octanol–water partition coefficient (Wildman–Crippen LogP) is 5.03. The molecule has 5 heteroatoms. The number of halogens is 1. The lowest BCUT2D eigenvalue weighted by Crippen LogP contribution is -2.37. The van der Waals surface area contributed by atoms with Crippen molar-refractivity contribution < 1.29 is 9.53 Å². The van der Waals surface area contributed by atoms with Gasteiger partial charge in [-0.15, -0.1) is 11.3 Å². The molecule has 0 unspecified atom stereocenters. The SMILES string of the molecule is C=CC(=O)N1Cc2sc(Cl)cc2[C@H](c2ccccc2CC2CCOCC2)C1. The molecule has 0 N–H and O–H groups in total. The van der Waals surface area contributed by atoms with Gasteiger partial charge < -0.3 is 9.64 Å². The number of ether oxygens (including phenoxy) is 1. The molecule has 0 radical (unpaired) electrons. The summed E-state index contributed by atoms with van der Waals surface area (Å²) in [4.78, 5) is 15.4. The van der Waals surface area contributed by atoms with Crippen molar-refractivity contribution in [3.05, 3.63) is 68.9 Å². The van der Waals surface area contributed by atoms with Crippen LogP contribution in [0.4, 0.5) is 0 Å². The van der Waals surface area contributed by atoms with Gasteiger partial charge in [0, 0.05) is 30.6 Å². The largest absolute Gasteiger partial charge is 0.381 e. The van der Waals surface area contributed by atoms with Crippen molar-refractivity contribution in [3.63, 3.8) is 0 Å². The Labute approximate surface area is 169 Å². The fourth-order valence-corrected chi connectivity index (χ4v) is 5.63. The molecule has 0 aliphatic carbocycles. The lowest BCUT2D eigenvalue weighted by atomic mass is 9.82. The highest BCUT2D eigenvalue weighted by Crippen LogP contribution is 2.41. The maximum absolute atomic E-state index is 12.3. The Morgan fingerprint density at radius 3 is 2.85 bits per heavy atom. The first-order valence-corrected chi connectivity index (χ1v) is 10.7. The first-order chi connectivity index (χ1) is 13.2. The van der Waals surface area contributed by atoms with Crippen molar-refractivity contribution in [2.45, 2.75) is 31.7 Å². The minimum atomic E-state index is -0.0166. The van der Waals surface area contributed by atoms with Crippen LogP contribution >= 0.6 is 22.9 Å². The quantitative estimate of drug-likeness (QED) is 0.672. The third-order valence-electron chi connectivity index (χ3n) is 5.69. The Kier molecular flexibility index (Phi) is 5.67. The van der Waals surface area contributed by atoms with Gasteiger partial charge in [0.2, 0.25) is 5.91 Å². The molecule has 27 heavy (non-hydrogen) atoms. The van der Waals surface area contributed by atoms with Gasteiger partial charge in [0.15, 0.2) is 0 Å². The number of rotatable bonds is 4. The van der Waals surface area contributed by atoms with Crippen LogP contribution in [-0.2, 0) is 22.5 Å². The first-order valence-electron chi connectivity index (χ1n) is 9.50. The van der Waals surface area contributed by atoms with Gasteiger partial charge in [0.05, 0.1) is 10.9 Å². The van der Waals surface area contributed by atoms with E-state index in [1.54, 1.807) is 11.3 Å². The number of thiophene rings is 1. The van der Waals surface area contributed by atoms with Gasteiger partial charge in [-0.05, 0) is 54.0 Å². The molecule has 3 nitrogen and oxygen atoms in total. The molecule has 1 atom stereocenters. The Morgan fingerprint density at radius 2 is 2.07 bits per heavy atom. The molecule has 142 valence electrons. The second-order valence-electron chi connectivity index (χ2n) is 7.36. The van der Waals surface area contributed by atoms with Crippen LogP contribution in [0.2, 0.25) is 4.34 Å². The highest BCUT2D eigenvalue weighted by molar-refractivity contribution is 7.16. The number of hydrogen-bond donors (Lipinski definition) is 0. The third kappa shape index (κ3) is 3.98. The van der Waals surface area contributed by atoms with E-state index >= 15 is 0 Å². The molecular weight excluding hydrogens is 378 g/mol. The number of benzene rings is 1. The minimum absolute atomic E-state index is 0.0166. The summed E-state index contributed by atoms with van der Waals surface area (Å²) in [6.07, 6.45) is 4.72. The molecule has 1 aromatic carbocycles. The highest BCUT2D eigenvalue weighted by Gasteiger charge is 2.31. The average molecular weight is 402 g/mol. The maximum atomic E-state index is 12.3. The van der Waals surface area contributed by atoms with E-state index < -0.39 is 0 Å². The lowest BCUT2D eigenvalue weighted by molar-refractivity contribution is -0.127. The van der Waals surface area contributed by atoms with Crippen molar-refractivity contribution in [3.8, 4) is 0 Å². The highest BCUT2D eigenvalue weighted by atomic mass is 35.5. The number of carbonyl (C=O) groups excluding carboxylic acids is 1. The number of fused-ring (bicyclic) bond motifs is 1. The van der Waals surface area contributed by atoms with Crippen molar-refractivity contribution in [1.82, 2.24) is 4.90 Å². The van der Waals surface area contributed by atoms with Crippen LogP contribution in [0, 0.1) is 5.92 Å². The molecule has 0 saturated carbocycles. The van der Waals surface area contributed by atoms with E-state index in [0.29, 0.717) is 19.0 Å². The Morgan fingerprint density at radius 1 is 1.30 bits per heavy atom. The van der Waals surface area contributed by atoms with Crippen LogP contribution in [0.25, 0.3) is 0 Å². The van der Waals surface area contributed by atoms with Crippen LogP contribution < -0.4 is 0 Å². The van der Waals surface area contributed by atoms with Gasteiger partial charge in [0.1, 0.15) is 0 Å². The zero-order chi connectivity index (χ0) is 18.8. The second-order valence-corrected chi connectivity index (χ2v) is 9.13. The fourth-order valence-electron chi connectivity index (χ4n) is 4.27. The van der Waals surface area contributed by atoms with Gasteiger partial charge in [-0.25, -0.2) is 0 Å². The molecule has 4 rings (SSSR count). The summed E-state index contributed by atoms with van der Waals surface area (Å²) in [5, 5.41) is 0. The molecule has 1 amide bonds. The standard InChI is InChI=1S/C22H24ClNO2S/c1-2-22(25)24-13-19(18-12-21(23)27-20(18)14-24)17-6-4-3-5-16(17)11-15-7-9-26-10-8-15/h2-6,12,15,19H,1,7-11,13-14H2/t19-/m0/s1. The van der Waals surface area contributed by atoms with E-state index in [4.69, 9.17) is 16.3 Å². The summed E-state index contributed by atoms with van der Waals surface area (Å²) in [6.45, 7) is 6.69. The van der Waals surface area contributed by atoms with Crippen molar-refractivity contribution in [2.24, 2.45) is 5.92 Å². The summed E-state index contributed by atoms with van der Waals surface area (Å²) in [5.41, 5.74) is 3.98. The summed E-state index contributed by atoms with van der Waals surface area (Å²) < 4.78 is 6.31. The number of nitrogens with zero attached hydrogens (tertiary/aromatic N) is 1. The van der Waals surface area contributed by atoms with Crippen LogP contribution in [-0.4, -0.2) is 30.6 Å². The minimum Gasteiger partial charge on any atom is -0.381 e. The monoisotopic (exact) mass is 401 g/mol. The molecule has 1 fully saturated rings. The number of hydrogen-bond acceptors (Lipinski definition) is 3. The number of carbonyl (C=O) groups is 1. The Bertz CT molecular complexity index is 841. The Hall–Kier alpha value is -1.62. The summed E-state index contributed by atoms with van der Waals surface area (Å²) >= 11 is 7.92. The molecular formula is C22H24ClNO2S. The summed E-state index contributed by atoms with van der Waals surface area (Å²) in [7, 11) is 0. The van der Waals surface area contributed by atoms with Crippen molar-refractivity contribution in [1.29, 1.82) is 0 Å². The van der Waals surface area contributed by atoms with E-state index in [0.717, 1.165) is 36.8 Å². The number of amides is 1. The average Bonchev–Trinajstić information content (AvgIpc) is 3.08. The second kappa shape index (κ2) is 8.17. The topological polar surface area (TPSA) is 29.5 Å². The molecule has 2 aliphatic rings. The molecule has 2 aliphatic heterocycles. The molecule has 1 aromatic heterocycles. The molecule has 2 aromatic rings. The van der Waals surface area contributed by atoms with E-state index in [-0.39, 0.29) is 11.8 Å². The molecule has 1 saturated heterocycles. The third-order valence-corrected chi connectivity index (χ3v) is 6.96. The lowest BCUT2D eigenvalue weighted by Gasteiger charge is -2.34. The van der Waals surface area contributed by atoms with Crippen molar-refractivity contribution >= 4 is 28.8 Å². The van der Waals surface area contributed by atoms with Gasteiger partial charge in [0.25, 0.3) is 0 Å². The van der Waals surface area contributed by atoms with Crippen LogP contribution in [0.1, 0.15) is 40.3 Å².